The molecule has 5 aliphatic heterocycles. The molecule has 1 N–H and O–H groups in total. The molecule has 0 aliphatic carbocycles. The van der Waals surface area contributed by atoms with Crippen LogP contribution in [0.25, 0.3) is 0 Å². The summed E-state index contributed by atoms with van der Waals surface area (Å²) < 4.78 is 25.6. The van der Waals surface area contributed by atoms with Gasteiger partial charge in [0.1, 0.15) is 5.75 Å². The Morgan fingerprint density at radius 3 is 2.21 bits per heavy atom. The molecule has 2 unspecified atom stereocenters. The Hall–Kier alpha value is -4.20. The van der Waals surface area contributed by atoms with Crippen molar-refractivity contribution in [2.75, 3.05) is 34.3 Å². The van der Waals surface area contributed by atoms with Gasteiger partial charge in [-0.2, -0.15) is 0 Å². The van der Waals surface area contributed by atoms with Crippen LogP contribution in [-0.4, -0.2) is 49.2 Å². The van der Waals surface area contributed by atoms with Crippen molar-refractivity contribution in [3.8, 4) is 46.0 Å². The van der Waals surface area contributed by atoms with Gasteiger partial charge >= 0.3 is 0 Å². The Kier molecular flexibility index (Phi) is 5.88. The topological polar surface area (TPSA) is 63.6 Å². The van der Waals surface area contributed by atoms with E-state index in [9.17, 15) is 5.11 Å². The van der Waals surface area contributed by atoms with E-state index in [0.29, 0.717) is 29.4 Å². The Morgan fingerprint density at radius 1 is 0.714 bits per heavy atom. The summed E-state index contributed by atoms with van der Waals surface area (Å²) in [5.41, 5.74) is 7.19. The third-order valence-electron chi connectivity index (χ3n) is 9.43. The first kappa shape index (κ1) is 25.5. The van der Waals surface area contributed by atoms with Gasteiger partial charge < -0.3 is 24.1 Å². The van der Waals surface area contributed by atoms with E-state index < -0.39 is 0 Å². The van der Waals surface area contributed by atoms with Crippen molar-refractivity contribution < 1.29 is 24.1 Å². The molecule has 9 rings (SSSR count). The van der Waals surface area contributed by atoms with Crippen LogP contribution in [0.1, 0.15) is 45.5 Å². The van der Waals surface area contributed by atoms with Gasteiger partial charge in [-0.3, -0.25) is 9.80 Å². The van der Waals surface area contributed by atoms with Crippen LogP contribution in [0.2, 0.25) is 0 Å². The first-order valence-corrected chi connectivity index (χ1v) is 14.7. The lowest BCUT2D eigenvalue weighted by molar-refractivity contribution is 0.218. The number of nitrogens with zero attached hydrogens (tertiary/aromatic N) is 2. The van der Waals surface area contributed by atoms with Crippen molar-refractivity contribution in [1.82, 2.24) is 9.80 Å². The number of methoxy groups -OCH3 is 1. The maximum atomic E-state index is 10.7. The smallest absolute Gasteiger partial charge is 0.212 e. The van der Waals surface area contributed by atoms with Crippen molar-refractivity contribution in [3.05, 3.63) is 94.0 Å². The molecule has 0 amide bonds. The molecule has 0 aromatic heterocycles. The fourth-order valence-electron chi connectivity index (χ4n) is 7.05. The number of aromatic hydroxyl groups is 1. The number of rotatable bonds is 1. The van der Waals surface area contributed by atoms with Crippen LogP contribution in [0.3, 0.4) is 0 Å². The van der Waals surface area contributed by atoms with E-state index in [2.05, 4.69) is 54.2 Å². The lowest BCUT2D eigenvalue weighted by atomic mass is 9.86. The number of fused-ring (bicyclic) bond motifs is 2. The zero-order valence-electron chi connectivity index (χ0n) is 24.1. The second-order valence-electron chi connectivity index (χ2n) is 12.0. The van der Waals surface area contributed by atoms with Gasteiger partial charge in [0.25, 0.3) is 0 Å². The summed E-state index contributed by atoms with van der Waals surface area (Å²) in [7, 11) is 6.04. The maximum Gasteiger partial charge on any atom is 0.212 e. The minimum Gasteiger partial charge on any atom is -0.504 e. The third-order valence-corrected chi connectivity index (χ3v) is 9.43. The number of phenols is 1. The van der Waals surface area contributed by atoms with Crippen molar-refractivity contribution in [2.45, 2.75) is 37.8 Å². The van der Waals surface area contributed by atoms with Crippen molar-refractivity contribution in [3.63, 3.8) is 0 Å². The molecule has 0 saturated heterocycles. The molecular formula is C35H34N2O5. The van der Waals surface area contributed by atoms with Gasteiger partial charge in [-0.25, -0.2) is 0 Å². The highest BCUT2D eigenvalue weighted by Gasteiger charge is 2.37. The molecule has 7 heteroatoms. The van der Waals surface area contributed by atoms with Crippen molar-refractivity contribution in [1.29, 1.82) is 0 Å². The lowest BCUT2D eigenvalue weighted by Crippen LogP contribution is -2.34. The molecule has 0 radical (unpaired) electrons. The highest BCUT2D eigenvalue weighted by atomic mass is 16.6. The van der Waals surface area contributed by atoms with Gasteiger partial charge in [0.15, 0.2) is 34.5 Å². The van der Waals surface area contributed by atoms with Gasteiger partial charge in [0, 0.05) is 30.7 Å². The summed E-state index contributed by atoms with van der Waals surface area (Å²) in [5, 5.41) is 10.7. The van der Waals surface area contributed by atoms with E-state index in [-0.39, 0.29) is 17.8 Å². The number of hydrogen-bond donors (Lipinski definition) is 1. The van der Waals surface area contributed by atoms with Gasteiger partial charge in [-0.1, -0.05) is 18.2 Å². The largest absolute Gasteiger partial charge is 0.504 e. The molecule has 7 nitrogen and oxygen atoms in total. The standard InChI is InChI=1S/C35H34N2O5/c1-36-12-10-22-17-30-31-19-25(22)26(36)14-20-4-7-24(8-5-20)40-29-16-21(6-9-28(29)38)15-27-33-23(11-13-37(27)2)18-32(39-3)34(41-30)35(33)42-31/h4-9,16-19,26-27,38H,10-15H2,1-3H3. The zero-order chi connectivity index (χ0) is 28.5. The second kappa shape index (κ2) is 9.68. The molecule has 4 aromatic carbocycles. The molecule has 2 atom stereocenters. The number of phenolic OH excluding ortho intramolecular Hbond substituents is 1. The predicted octanol–water partition coefficient (Wildman–Crippen LogP) is 6.95. The summed E-state index contributed by atoms with van der Waals surface area (Å²) in [6.07, 6.45) is 3.41. The van der Waals surface area contributed by atoms with Crippen LogP contribution < -0.4 is 18.9 Å². The normalized spacial score (nSPS) is 20.6. The minimum absolute atomic E-state index is 0.0330. The van der Waals surface area contributed by atoms with E-state index in [4.69, 9.17) is 18.9 Å². The molecule has 4 aromatic rings. The Bertz CT molecular complexity index is 1720. The van der Waals surface area contributed by atoms with Crippen LogP contribution in [0.4, 0.5) is 0 Å². The zero-order valence-corrected chi connectivity index (χ0v) is 24.1. The lowest BCUT2D eigenvalue weighted by Gasteiger charge is -2.39. The number of benzene rings is 4. The average molecular weight is 563 g/mol. The molecule has 5 heterocycles. The number of likely N-dealkylation sites (N-methyl/N-ethyl adjacent to an activating group) is 2. The summed E-state index contributed by atoms with van der Waals surface area (Å²) in [4.78, 5) is 4.80. The highest BCUT2D eigenvalue weighted by Crippen LogP contribution is 2.56. The van der Waals surface area contributed by atoms with E-state index in [0.717, 1.165) is 60.7 Å². The van der Waals surface area contributed by atoms with Crippen LogP contribution in [0.5, 0.6) is 46.0 Å². The summed E-state index contributed by atoms with van der Waals surface area (Å²) in [5.74, 6) is 4.83. The van der Waals surface area contributed by atoms with Gasteiger partial charge in [-0.15, -0.1) is 0 Å². The summed E-state index contributed by atoms with van der Waals surface area (Å²) in [6.45, 7) is 1.88. The quantitative estimate of drug-likeness (QED) is 0.237. The molecular weight excluding hydrogens is 528 g/mol. The van der Waals surface area contributed by atoms with Gasteiger partial charge in [0.2, 0.25) is 5.75 Å². The van der Waals surface area contributed by atoms with E-state index in [1.54, 1.807) is 13.2 Å². The van der Waals surface area contributed by atoms with Crippen LogP contribution in [0.15, 0.2) is 60.7 Å². The molecule has 0 saturated carbocycles. The van der Waals surface area contributed by atoms with Crippen LogP contribution >= 0.6 is 0 Å². The van der Waals surface area contributed by atoms with Crippen LogP contribution in [-0.2, 0) is 25.7 Å². The molecule has 7 bridgehead atoms. The molecule has 0 fully saturated rings. The second-order valence-corrected chi connectivity index (χ2v) is 12.0. The number of ether oxygens (including phenoxy) is 4. The Morgan fingerprint density at radius 2 is 1.40 bits per heavy atom. The SMILES string of the molecule is COc1cc2c3c4c1Oc1cc5c(cc1O4)C(Cc1ccc(cc1)Oc1cc(ccc1O)CC3N(C)CC2)N(C)CC5. The van der Waals surface area contributed by atoms with Crippen molar-refractivity contribution >= 4 is 0 Å². The highest BCUT2D eigenvalue weighted by molar-refractivity contribution is 5.67. The van der Waals surface area contributed by atoms with Crippen LogP contribution in [0, 0.1) is 0 Å². The van der Waals surface area contributed by atoms with E-state index in [1.165, 1.54) is 22.3 Å². The maximum absolute atomic E-state index is 10.7. The van der Waals surface area contributed by atoms with E-state index in [1.807, 2.05) is 24.3 Å². The average Bonchev–Trinajstić information content (AvgIpc) is 3.00. The minimum atomic E-state index is 0.0330. The fourth-order valence-corrected chi connectivity index (χ4v) is 7.05. The Balaban J connectivity index is 1.34. The summed E-state index contributed by atoms with van der Waals surface area (Å²) in [6, 6.07) is 20.6. The van der Waals surface area contributed by atoms with Gasteiger partial charge in [0.05, 0.1) is 7.11 Å². The molecule has 0 spiro atoms. The third kappa shape index (κ3) is 4.10. The molecule has 214 valence electrons. The van der Waals surface area contributed by atoms with E-state index >= 15 is 0 Å². The fraction of sp³-hybridized carbons (Fsp3) is 0.314. The van der Waals surface area contributed by atoms with Gasteiger partial charge in [-0.05, 0) is 110 Å². The number of hydrogen-bond acceptors (Lipinski definition) is 7. The monoisotopic (exact) mass is 562 g/mol. The Labute approximate surface area is 245 Å². The molecule has 5 aliphatic rings. The first-order chi connectivity index (χ1) is 20.4. The first-order valence-electron chi connectivity index (χ1n) is 14.7. The summed E-state index contributed by atoms with van der Waals surface area (Å²) >= 11 is 0. The predicted molar refractivity (Wildman–Crippen MR) is 160 cm³/mol. The molecule has 42 heavy (non-hydrogen) atoms. The van der Waals surface area contributed by atoms with Crippen molar-refractivity contribution in [2.24, 2.45) is 0 Å².